The summed E-state index contributed by atoms with van der Waals surface area (Å²) in [5.74, 6) is 0.494. The van der Waals surface area contributed by atoms with Crippen LogP contribution in [0.4, 0.5) is 4.39 Å². The number of rotatable bonds is 5. The lowest BCUT2D eigenvalue weighted by molar-refractivity contribution is 0.407. The van der Waals surface area contributed by atoms with Crippen molar-refractivity contribution in [3.63, 3.8) is 0 Å². The largest absolute Gasteiger partial charge is 0.497 e. The highest BCUT2D eigenvalue weighted by atomic mass is 19.1. The second-order valence-corrected chi connectivity index (χ2v) is 6.43. The molecule has 1 N–H and O–H groups in total. The Kier molecular flexibility index (Phi) is 4.66. The minimum absolute atomic E-state index is 0.193. The van der Waals surface area contributed by atoms with Crippen LogP contribution in [0.5, 0.6) is 5.75 Å². The van der Waals surface area contributed by atoms with Gasteiger partial charge in [-0.25, -0.2) is 4.39 Å². The highest BCUT2D eigenvalue weighted by molar-refractivity contribution is 5.30. The first-order chi connectivity index (χ1) is 11.1. The van der Waals surface area contributed by atoms with Crippen LogP contribution in [0.2, 0.25) is 0 Å². The number of methoxy groups -OCH3 is 1. The molecule has 1 aliphatic carbocycles. The van der Waals surface area contributed by atoms with Gasteiger partial charge in [0.25, 0.3) is 0 Å². The third kappa shape index (κ3) is 3.39. The third-order valence-electron chi connectivity index (χ3n) is 4.51. The molecule has 1 atom stereocenters. The van der Waals surface area contributed by atoms with Crippen LogP contribution in [0, 0.1) is 5.82 Å². The van der Waals surface area contributed by atoms with Crippen molar-refractivity contribution < 1.29 is 9.13 Å². The maximum absolute atomic E-state index is 13.9. The molecule has 5 heteroatoms. The van der Waals surface area contributed by atoms with Gasteiger partial charge in [-0.05, 0) is 50.5 Å². The summed E-state index contributed by atoms with van der Waals surface area (Å²) in [5.41, 5.74) is 3.31. The summed E-state index contributed by atoms with van der Waals surface area (Å²) in [6.45, 7) is 4.81. The second kappa shape index (κ2) is 6.71. The van der Waals surface area contributed by atoms with Crippen LogP contribution in [0.3, 0.4) is 0 Å². The zero-order chi connectivity index (χ0) is 16.4. The van der Waals surface area contributed by atoms with Crippen molar-refractivity contribution >= 4 is 0 Å². The topological polar surface area (TPSA) is 39.1 Å². The fourth-order valence-corrected chi connectivity index (χ4v) is 3.21. The third-order valence-corrected chi connectivity index (χ3v) is 4.51. The van der Waals surface area contributed by atoms with Crippen molar-refractivity contribution in [1.82, 2.24) is 15.1 Å². The lowest BCUT2D eigenvalue weighted by atomic mass is 9.93. The highest BCUT2D eigenvalue weighted by Crippen LogP contribution is 2.24. The van der Waals surface area contributed by atoms with E-state index in [0.29, 0.717) is 29.9 Å². The first-order valence-corrected chi connectivity index (χ1v) is 8.19. The van der Waals surface area contributed by atoms with E-state index in [0.717, 1.165) is 19.3 Å². The van der Waals surface area contributed by atoms with Crippen molar-refractivity contribution in [2.24, 2.45) is 0 Å². The summed E-state index contributed by atoms with van der Waals surface area (Å²) in [6, 6.07) is 5.58. The molecule has 2 aromatic rings. The summed E-state index contributed by atoms with van der Waals surface area (Å²) in [7, 11) is 1.60. The Morgan fingerprint density at radius 3 is 3.00 bits per heavy atom. The van der Waals surface area contributed by atoms with Crippen LogP contribution in [0.1, 0.15) is 43.1 Å². The molecule has 0 spiro atoms. The van der Waals surface area contributed by atoms with Crippen molar-refractivity contribution in [2.75, 3.05) is 7.11 Å². The van der Waals surface area contributed by atoms with Crippen molar-refractivity contribution in [3.05, 3.63) is 47.0 Å². The van der Waals surface area contributed by atoms with Crippen molar-refractivity contribution in [1.29, 1.82) is 0 Å². The number of aryl methyl sites for hydroxylation is 1. The van der Waals surface area contributed by atoms with Gasteiger partial charge in [-0.3, -0.25) is 4.68 Å². The number of benzene rings is 1. The molecule has 23 heavy (non-hydrogen) atoms. The number of nitrogens with zero attached hydrogens (tertiary/aromatic N) is 2. The normalized spacial score (nSPS) is 17.3. The first kappa shape index (κ1) is 16.0. The fraction of sp³-hybridized carbons (Fsp3) is 0.500. The van der Waals surface area contributed by atoms with Crippen LogP contribution in [-0.4, -0.2) is 22.9 Å². The van der Waals surface area contributed by atoms with Gasteiger partial charge < -0.3 is 10.1 Å². The van der Waals surface area contributed by atoms with Gasteiger partial charge in [0.1, 0.15) is 11.6 Å². The molecule has 1 unspecified atom stereocenters. The number of hydrogen-bond donors (Lipinski definition) is 1. The first-order valence-electron chi connectivity index (χ1n) is 8.19. The lowest BCUT2D eigenvalue weighted by Gasteiger charge is -2.25. The molecule has 0 saturated carbocycles. The van der Waals surface area contributed by atoms with E-state index in [9.17, 15) is 4.39 Å². The Bertz CT molecular complexity index is 681. The van der Waals surface area contributed by atoms with Crippen LogP contribution in [0.25, 0.3) is 0 Å². The van der Waals surface area contributed by atoms with E-state index in [2.05, 4.69) is 28.9 Å². The van der Waals surface area contributed by atoms with Crippen LogP contribution in [0.15, 0.2) is 24.4 Å². The maximum atomic E-state index is 13.9. The molecule has 0 saturated heterocycles. The van der Waals surface area contributed by atoms with Crippen LogP contribution < -0.4 is 10.1 Å². The molecule has 1 aromatic carbocycles. The molecule has 0 bridgehead atoms. The van der Waals surface area contributed by atoms with Crippen molar-refractivity contribution in [2.45, 2.75) is 51.7 Å². The van der Waals surface area contributed by atoms with Gasteiger partial charge in [0.2, 0.25) is 0 Å². The Labute approximate surface area is 136 Å². The smallest absolute Gasteiger partial charge is 0.127 e. The highest BCUT2D eigenvalue weighted by Gasteiger charge is 2.23. The van der Waals surface area contributed by atoms with Crippen LogP contribution >= 0.6 is 0 Å². The van der Waals surface area contributed by atoms with Crippen LogP contribution in [-0.2, 0) is 19.4 Å². The molecule has 3 rings (SSSR count). The SMILES string of the molecule is COc1ccc(F)c(CNC2CCc3cnn(C(C)C)c3C2)c1. The summed E-state index contributed by atoms with van der Waals surface area (Å²) in [4.78, 5) is 0. The summed E-state index contributed by atoms with van der Waals surface area (Å²) >= 11 is 0. The van der Waals surface area contributed by atoms with E-state index in [4.69, 9.17) is 4.74 Å². The molecular formula is C18H24FN3O. The quantitative estimate of drug-likeness (QED) is 0.920. The molecule has 0 fully saturated rings. The van der Waals surface area contributed by atoms with Gasteiger partial charge in [0.05, 0.1) is 13.3 Å². The molecule has 124 valence electrons. The Morgan fingerprint density at radius 2 is 2.26 bits per heavy atom. The average molecular weight is 317 g/mol. The molecule has 1 aliphatic rings. The van der Waals surface area contributed by atoms with E-state index in [-0.39, 0.29) is 5.82 Å². The van der Waals surface area contributed by atoms with E-state index < -0.39 is 0 Å². The Balaban J connectivity index is 1.67. The number of halogens is 1. The number of aromatic nitrogens is 2. The van der Waals surface area contributed by atoms with Gasteiger partial charge >= 0.3 is 0 Å². The molecule has 0 amide bonds. The summed E-state index contributed by atoms with van der Waals surface area (Å²) < 4.78 is 21.2. The zero-order valence-corrected chi connectivity index (χ0v) is 14.0. The number of hydrogen-bond acceptors (Lipinski definition) is 3. The number of nitrogens with one attached hydrogen (secondary N) is 1. The molecular weight excluding hydrogens is 293 g/mol. The average Bonchev–Trinajstić information content (AvgIpc) is 2.97. The summed E-state index contributed by atoms with van der Waals surface area (Å²) in [5, 5.41) is 7.99. The second-order valence-electron chi connectivity index (χ2n) is 6.43. The van der Waals surface area contributed by atoms with E-state index in [1.807, 2.05) is 6.20 Å². The lowest BCUT2D eigenvalue weighted by Crippen LogP contribution is -2.35. The maximum Gasteiger partial charge on any atom is 0.127 e. The van der Waals surface area contributed by atoms with Gasteiger partial charge in [0, 0.05) is 36.3 Å². The van der Waals surface area contributed by atoms with Gasteiger partial charge in [-0.15, -0.1) is 0 Å². The van der Waals surface area contributed by atoms with E-state index >= 15 is 0 Å². The number of ether oxygens (including phenoxy) is 1. The molecule has 0 radical (unpaired) electrons. The van der Waals surface area contributed by atoms with Gasteiger partial charge in [0.15, 0.2) is 0 Å². The standard InChI is InChI=1S/C18H24FN3O/c1-12(2)22-18-9-15(5-4-13(18)11-21-22)20-10-14-8-16(23-3)6-7-17(14)19/h6-8,11-12,15,20H,4-5,9-10H2,1-3H3. The van der Waals surface area contributed by atoms with Gasteiger partial charge in [-0.1, -0.05) is 0 Å². The molecule has 1 aromatic heterocycles. The van der Waals surface area contributed by atoms with E-state index in [1.54, 1.807) is 19.2 Å². The summed E-state index contributed by atoms with van der Waals surface area (Å²) in [6.07, 6.45) is 5.02. The number of fused-ring (bicyclic) bond motifs is 1. The molecule has 0 aliphatic heterocycles. The fourth-order valence-electron chi connectivity index (χ4n) is 3.21. The van der Waals surface area contributed by atoms with Gasteiger partial charge in [-0.2, -0.15) is 5.10 Å². The predicted octanol–water partition coefficient (Wildman–Crippen LogP) is 3.26. The Hall–Kier alpha value is -1.88. The minimum Gasteiger partial charge on any atom is -0.497 e. The predicted molar refractivity (Wildman–Crippen MR) is 88.2 cm³/mol. The monoisotopic (exact) mass is 317 g/mol. The van der Waals surface area contributed by atoms with Crippen molar-refractivity contribution in [3.8, 4) is 5.75 Å². The zero-order valence-electron chi connectivity index (χ0n) is 14.0. The van der Waals surface area contributed by atoms with E-state index in [1.165, 1.54) is 17.3 Å². The minimum atomic E-state index is -0.193. The molecule has 1 heterocycles. The Morgan fingerprint density at radius 1 is 1.43 bits per heavy atom. The molecule has 4 nitrogen and oxygen atoms in total.